The summed E-state index contributed by atoms with van der Waals surface area (Å²) in [6.45, 7) is 8.16. The van der Waals surface area contributed by atoms with E-state index < -0.39 is 0 Å². The van der Waals surface area contributed by atoms with Crippen molar-refractivity contribution in [3.05, 3.63) is 0 Å². The molecule has 1 amide bonds. The monoisotopic (exact) mass is 315 g/mol. The molecule has 21 heavy (non-hydrogen) atoms. The van der Waals surface area contributed by atoms with E-state index in [1.807, 2.05) is 0 Å². The highest BCUT2D eigenvalue weighted by Crippen LogP contribution is 2.26. The van der Waals surface area contributed by atoms with Crippen molar-refractivity contribution >= 4 is 17.7 Å². The number of thioether (sulfide) groups is 1. The number of hydrogen-bond donors (Lipinski definition) is 2. The fourth-order valence-corrected chi connectivity index (χ4v) is 3.85. The molecule has 4 nitrogen and oxygen atoms in total. The SMILES string of the molecule is CCN(CC)CCSCC(=O)NC(CN)C1CCCCC1. The van der Waals surface area contributed by atoms with E-state index in [4.69, 9.17) is 5.73 Å². The van der Waals surface area contributed by atoms with Crippen LogP contribution in [0.1, 0.15) is 46.0 Å². The van der Waals surface area contributed by atoms with Gasteiger partial charge in [-0.3, -0.25) is 4.79 Å². The van der Waals surface area contributed by atoms with Gasteiger partial charge in [-0.15, -0.1) is 0 Å². The molecule has 1 unspecified atom stereocenters. The second-order valence-electron chi connectivity index (χ2n) is 5.89. The van der Waals surface area contributed by atoms with Crippen LogP contribution in [0.4, 0.5) is 0 Å². The molecule has 0 saturated heterocycles. The lowest BCUT2D eigenvalue weighted by Crippen LogP contribution is -2.46. The molecule has 0 spiro atoms. The van der Waals surface area contributed by atoms with E-state index in [0.29, 0.717) is 18.2 Å². The molecule has 0 aromatic rings. The predicted molar refractivity (Wildman–Crippen MR) is 92.7 cm³/mol. The maximum atomic E-state index is 12.0. The lowest BCUT2D eigenvalue weighted by molar-refractivity contribution is -0.119. The van der Waals surface area contributed by atoms with Crippen LogP contribution in [0.5, 0.6) is 0 Å². The zero-order valence-corrected chi connectivity index (χ0v) is 14.6. The zero-order chi connectivity index (χ0) is 15.5. The van der Waals surface area contributed by atoms with Crippen LogP contribution in [0.15, 0.2) is 0 Å². The van der Waals surface area contributed by atoms with Crippen LogP contribution in [0.2, 0.25) is 0 Å². The summed E-state index contributed by atoms with van der Waals surface area (Å²) in [4.78, 5) is 14.4. The van der Waals surface area contributed by atoms with Gasteiger partial charge in [0, 0.05) is 24.9 Å². The summed E-state index contributed by atoms with van der Waals surface area (Å²) in [7, 11) is 0. The number of nitrogens with two attached hydrogens (primary N) is 1. The lowest BCUT2D eigenvalue weighted by Gasteiger charge is -2.30. The van der Waals surface area contributed by atoms with Crippen molar-refractivity contribution in [2.24, 2.45) is 11.7 Å². The maximum Gasteiger partial charge on any atom is 0.230 e. The van der Waals surface area contributed by atoms with E-state index >= 15 is 0 Å². The molecular weight excluding hydrogens is 282 g/mol. The normalized spacial score (nSPS) is 17.9. The Morgan fingerprint density at radius 2 is 1.95 bits per heavy atom. The second kappa shape index (κ2) is 11.3. The fraction of sp³-hybridized carbons (Fsp3) is 0.938. The number of carbonyl (C=O) groups excluding carboxylic acids is 1. The third kappa shape index (κ3) is 7.52. The van der Waals surface area contributed by atoms with Crippen molar-refractivity contribution in [1.82, 2.24) is 10.2 Å². The highest BCUT2D eigenvalue weighted by atomic mass is 32.2. The van der Waals surface area contributed by atoms with Gasteiger partial charge < -0.3 is 16.0 Å². The summed E-state index contributed by atoms with van der Waals surface area (Å²) < 4.78 is 0. The zero-order valence-electron chi connectivity index (χ0n) is 13.8. The lowest BCUT2D eigenvalue weighted by atomic mass is 9.84. The summed E-state index contributed by atoms with van der Waals surface area (Å²) in [6, 6.07) is 0.182. The van der Waals surface area contributed by atoms with Gasteiger partial charge in [0.25, 0.3) is 0 Å². The molecule has 1 aliphatic carbocycles. The van der Waals surface area contributed by atoms with Crippen LogP contribution in [-0.4, -0.2) is 54.5 Å². The third-order valence-electron chi connectivity index (χ3n) is 4.50. The Bertz CT molecular complexity index is 279. The summed E-state index contributed by atoms with van der Waals surface area (Å²) >= 11 is 1.73. The van der Waals surface area contributed by atoms with Crippen LogP contribution >= 0.6 is 11.8 Å². The van der Waals surface area contributed by atoms with Crippen LogP contribution in [-0.2, 0) is 4.79 Å². The van der Waals surface area contributed by atoms with Crippen molar-refractivity contribution in [3.63, 3.8) is 0 Å². The Hall–Kier alpha value is -0.260. The molecular formula is C16H33N3OS. The molecule has 0 aromatic heterocycles. The largest absolute Gasteiger partial charge is 0.351 e. The molecule has 0 bridgehead atoms. The first-order valence-electron chi connectivity index (χ1n) is 8.50. The van der Waals surface area contributed by atoms with E-state index in [1.165, 1.54) is 32.1 Å². The number of carbonyl (C=O) groups is 1. The quantitative estimate of drug-likeness (QED) is 0.606. The van der Waals surface area contributed by atoms with Gasteiger partial charge in [-0.1, -0.05) is 33.1 Å². The Morgan fingerprint density at radius 3 is 2.52 bits per heavy atom. The number of nitrogens with one attached hydrogen (secondary N) is 1. The summed E-state index contributed by atoms with van der Waals surface area (Å²) in [6.07, 6.45) is 6.35. The third-order valence-corrected chi connectivity index (χ3v) is 5.44. The average molecular weight is 316 g/mol. The van der Waals surface area contributed by atoms with Crippen LogP contribution in [0.3, 0.4) is 0 Å². The maximum absolute atomic E-state index is 12.0. The minimum absolute atomic E-state index is 0.153. The predicted octanol–water partition coefficient (Wildman–Crippen LogP) is 2.09. The molecule has 5 heteroatoms. The smallest absolute Gasteiger partial charge is 0.230 e. The van der Waals surface area contributed by atoms with Crippen molar-refractivity contribution in [3.8, 4) is 0 Å². The molecule has 124 valence electrons. The summed E-state index contributed by atoms with van der Waals surface area (Å²) in [5.74, 6) is 2.32. The van der Waals surface area contributed by atoms with Gasteiger partial charge in [0.2, 0.25) is 5.91 Å². The number of amides is 1. The first-order valence-corrected chi connectivity index (χ1v) is 9.66. The molecule has 1 rings (SSSR count). The van der Waals surface area contributed by atoms with E-state index in [2.05, 4.69) is 24.1 Å². The molecule has 1 atom stereocenters. The van der Waals surface area contributed by atoms with Crippen molar-refractivity contribution < 1.29 is 4.79 Å². The number of nitrogens with zero attached hydrogens (tertiary/aromatic N) is 1. The average Bonchev–Trinajstić information content (AvgIpc) is 2.53. The van der Waals surface area contributed by atoms with Gasteiger partial charge in [-0.2, -0.15) is 11.8 Å². The standard InChI is InChI=1S/C16H33N3OS/c1-3-19(4-2)10-11-21-13-16(20)18-15(12-17)14-8-6-5-7-9-14/h14-15H,3-13,17H2,1-2H3,(H,18,20). The van der Waals surface area contributed by atoms with Gasteiger partial charge in [-0.05, 0) is 31.8 Å². The van der Waals surface area contributed by atoms with Crippen molar-refractivity contribution in [2.45, 2.75) is 52.0 Å². The number of hydrogen-bond acceptors (Lipinski definition) is 4. The Labute approximate surface area is 134 Å². The Balaban J connectivity index is 2.18. The van der Waals surface area contributed by atoms with E-state index in [9.17, 15) is 4.79 Å². The minimum Gasteiger partial charge on any atom is -0.351 e. The Morgan fingerprint density at radius 1 is 1.29 bits per heavy atom. The van der Waals surface area contributed by atoms with Crippen LogP contribution in [0, 0.1) is 5.92 Å². The molecule has 1 saturated carbocycles. The summed E-state index contributed by atoms with van der Waals surface area (Å²) in [5, 5.41) is 3.15. The minimum atomic E-state index is 0.153. The first-order chi connectivity index (χ1) is 10.2. The second-order valence-corrected chi connectivity index (χ2v) is 6.99. The molecule has 3 N–H and O–H groups in total. The molecule has 1 aliphatic rings. The van der Waals surface area contributed by atoms with Crippen molar-refractivity contribution in [2.75, 3.05) is 37.7 Å². The van der Waals surface area contributed by atoms with Gasteiger partial charge in [0.15, 0.2) is 0 Å². The van der Waals surface area contributed by atoms with Gasteiger partial charge in [0.1, 0.15) is 0 Å². The molecule has 0 aromatic carbocycles. The van der Waals surface area contributed by atoms with E-state index in [0.717, 1.165) is 25.4 Å². The van der Waals surface area contributed by atoms with Crippen LogP contribution in [0.25, 0.3) is 0 Å². The highest BCUT2D eigenvalue weighted by Gasteiger charge is 2.23. The topological polar surface area (TPSA) is 58.4 Å². The molecule has 0 aliphatic heterocycles. The van der Waals surface area contributed by atoms with Gasteiger partial charge in [0.05, 0.1) is 5.75 Å². The van der Waals surface area contributed by atoms with Gasteiger partial charge in [-0.25, -0.2) is 0 Å². The van der Waals surface area contributed by atoms with Crippen LogP contribution < -0.4 is 11.1 Å². The molecule has 0 heterocycles. The first kappa shape index (κ1) is 18.8. The van der Waals surface area contributed by atoms with E-state index in [-0.39, 0.29) is 11.9 Å². The van der Waals surface area contributed by atoms with E-state index in [1.54, 1.807) is 11.8 Å². The number of rotatable bonds is 10. The van der Waals surface area contributed by atoms with Gasteiger partial charge >= 0.3 is 0 Å². The van der Waals surface area contributed by atoms with Crippen molar-refractivity contribution in [1.29, 1.82) is 0 Å². The highest BCUT2D eigenvalue weighted by molar-refractivity contribution is 7.99. The molecule has 0 radical (unpaired) electrons. The molecule has 1 fully saturated rings. The Kier molecular flexibility index (Phi) is 10.1. The fourth-order valence-electron chi connectivity index (χ4n) is 3.05. The summed E-state index contributed by atoms with van der Waals surface area (Å²) in [5.41, 5.74) is 5.85.